The number of anilines is 1. The molecule has 1 aromatic heterocycles. The summed E-state index contributed by atoms with van der Waals surface area (Å²) in [7, 11) is 1.59. The van der Waals surface area contributed by atoms with E-state index < -0.39 is 0 Å². The third kappa shape index (κ3) is 4.32. The van der Waals surface area contributed by atoms with E-state index in [2.05, 4.69) is 28.6 Å². The Labute approximate surface area is 209 Å². The van der Waals surface area contributed by atoms with Gasteiger partial charge in [-0.2, -0.15) is 10.4 Å². The second-order valence-corrected chi connectivity index (χ2v) is 9.32. The second-order valence-electron chi connectivity index (χ2n) is 9.32. The SMILES string of the molecule is COc1ccc(-n2nc(C#N)c3c2C(=O)N(c2ccc(C4(CCNCC(N)=O)CC4)cc2)CC3)cc1. The van der Waals surface area contributed by atoms with E-state index in [-0.39, 0.29) is 29.5 Å². The predicted octanol–water partition coefficient (Wildman–Crippen LogP) is 2.45. The van der Waals surface area contributed by atoms with Crippen LogP contribution in [0.2, 0.25) is 0 Å². The highest BCUT2D eigenvalue weighted by Gasteiger charge is 2.43. The fourth-order valence-electron chi connectivity index (χ4n) is 4.97. The highest BCUT2D eigenvalue weighted by Crippen LogP contribution is 2.51. The number of primary amides is 1. The van der Waals surface area contributed by atoms with Gasteiger partial charge in [0.05, 0.1) is 19.3 Å². The number of ether oxygens (including phenoxy) is 1. The fraction of sp³-hybridized carbons (Fsp3) is 0.333. The number of hydrogen-bond donors (Lipinski definition) is 2. The summed E-state index contributed by atoms with van der Waals surface area (Å²) < 4.78 is 6.80. The molecule has 2 amide bonds. The molecule has 2 aromatic carbocycles. The highest BCUT2D eigenvalue weighted by molar-refractivity contribution is 6.07. The van der Waals surface area contributed by atoms with Gasteiger partial charge in [0.15, 0.2) is 5.69 Å². The zero-order valence-electron chi connectivity index (χ0n) is 20.2. The van der Waals surface area contributed by atoms with Crippen molar-refractivity contribution in [2.45, 2.75) is 31.1 Å². The summed E-state index contributed by atoms with van der Waals surface area (Å²) in [6.07, 6.45) is 3.70. The van der Waals surface area contributed by atoms with Gasteiger partial charge in [0.2, 0.25) is 5.91 Å². The Morgan fingerprint density at radius 1 is 1.17 bits per heavy atom. The molecule has 2 aliphatic rings. The van der Waals surface area contributed by atoms with Crippen molar-refractivity contribution in [2.75, 3.05) is 31.6 Å². The molecule has 0 radical (unpaired) electrons. The Morgan fingerprint density at radius 3 is 2.47 bits per heavy atom. The number of methoxy groups -OCH3 is 1. The van der Waals surface area contributed by atoms with Crippen molar-refractivity contribution in [1.29, 1.82) is 5.26 Å². The summed E-state index contributed by atoms with van der Waals surface area (Å²) in [6.45, 7) is 1.40. The maximum Gasteiger partial charge on any atom is 0.277 e. The average molecular weight is 485 g/mol. The number of fused-ring (bicyclic) bond motifs is 1. The lowest BCUT2D eigenvalue weighted by Crippen LogP contribution is -2.38. The van der Waals surface area contributed by atoms with Crippen LogP contribution in [-0.2, 0) is 16.6 Å². The summed E-state index contributed by atoms with van der Waals surface area (Å²) >= 11 is 0. The van der Waals surface area contributed by atoms with Crippen LogP contribution in [0.25, 0.3) is 5.69 Å². The Morgan fingerprint density at radius 2 is 1.86 bits per heavy atom. The lowest BCUT2D eigenvalue weighted by molar-refractivity contribution is -0.117. The Balaban J connectivity index is 1.37. The topological polar surface area (TPSA) is 126 Å². The van der Waals surface area contributed by atoms with Gasteiger partial charge in [-0.05, 0) is 79.6 Å². The molecule has 1 saturated carbocycles. The Hall–Kier alpha value is -4.16. The number of rotatable bonds is 9. The minimum Gasteiger partial charge on any atom is -0.497 e. The van der Waals surface area contributed by atoms with E-state index >= 15 is 0 Å². The van der Waals surface area contributed by atoms with Gasteiger partial charge in [-0.1, -0.05) is 12.1 Å². The molecule has 36 heavy (non-hydrogen) atoms. The molecule has 1 fully saturated rings. The zero-order valence-corrected chi connectivity index (χ0v) is 20.2. The quantitative estimate of drug-likeness (QED) is 0.449. The largest absolute Gasteiger partial charge is 0.497 e. The van der Waals surface area contributed by atoms with Crippen LogP contribution in [0.1, 0.15) is 46.6 Å². The van der Waals surface area contributed by atoms with Gasteiger partial charge in [0.1, 0.15) is 17.5 Å². The van der Waals surface area contributed by atoms with Gasteiger partial charge in [0.25, 0.3) is 5.91 Å². The minimum absolute atomic E-state index is 0.122. The van der Waals surface area contributed by atoms with Crippen molar-refractivity contribution >= 4 is 17.5 Å². The van der Waals surface area contributed by atoms with Crippen molar-refractivity contribution in [1.82, 2.24) is 15.1 Å². The molecule has 1 aliphatic heterocycles. The molecule has 0 saturated heterocycles. The van der Waals surface area contributed by atoms with Crippen molar-refractivity contribution in [3.8, 4) is 17.5 Å². The van der Waals surface area contributed by atoms with E-state index in [1.54, 1.807) is 28.8 Å². The first-order valence-electron chi connectivity index (χ1n) is 12.0. The predicted molar refractivity (Wildman–Crippen MR) is 134 cm³/mol. The minimum atomic E-state index is -0.353. The molecule has 0 atom stereocenters. The standard InChI is InChI=1S/C27H28N6O3/c1-36-21-8-6-20(7-9-21)33-25-22(23(16-28)31-33)10-15-32(26(25)35)19-4-2-18(3-5-19)27(11-12-27)13-14-30-17-24(29)34/h2-9,30H,10-15,17H2,1H3,(H2,29,34). The first kappa shape index (κ1) is 23.6. The van der Waals surface area contributed by atoms with E-state index in [0.717, 1.165) is 31.5 Å². The summed E-state index contributed by atoms with van der Waals surface area (Å²) in [5.74, 6) is 0.171. The Kier molecular flexibility index (Phi) is 6.20. The smallest absolute Gasteiger partial charge is 0.277 e. The van der Waals surface area contributed by atoms with Crippen molar-refractivity contribution in [3.63, 3.8) is 0 Å². The van der Waals surface area contributed by atoms with Gasteiger partial charge >= 0.3 is 0 Å². The monoisotopic (exact) mass is 484 g/mol. The Bertz CT molecular complexity index is 1330. The maximum absolute atomic E-state index is 13.7. The lowest BCUT2D eigenvalue weighted by atomic mass is 9.92. The van der Waals surface area contributed by atoms with Gasteiger partial charge in [0, 0.05) is 17.8 Å². The zero-order chi connectivity index (χ0) is 25.3. The average Bonchev–Trinajstić information content (AvgIpc) is 3.59. The molecule has 3 aromatic rings. The molecular weight excluding hydrogens is 456 g/mol. The number of nitriles is 1. The number of amides is 2. The van der Waals surface area contributed by atoms with Crippen LogP contribution in [0, 0.1) is 11.3 Å². The van der Waals surface area contributed by atoms with E-state index in [9.17, 15) is 14.9 Å². The van der Waals surface area contributed by atoms with Gasteiger partial charge < -0.3 is 20.7 Å². The van der Waals surface area contributed by atoms with Crippen molar-refractivity contribution < 1.29 is 14.3 Å². The molecule has 184 valence electrons. The fourth-order valence-corrected chi connectivity index (χ4v) is 4.97. The van der Waals surface area contributed by atoms with Gasteiger partial charge in [-0.3, -0.25) is 9.59 Å². The summed E-state index contributed by atoms with van der Waals surface area (Å²) in [5, 5.41) is 17.2. The molecule has 0 unspecified atom stereocenters. The highest BCUT2D eigenvalue weighted by atomic mass is 16.5. The third-order valence-corrected chi connectivity index (χ3v) is 7.16. The number of carbonyl (C=O) groups excluding carboxylic acids is 2. The van der Waals surface area contributed by atoms with Crippen LogP contribution in [0.3, 0.4) is 0 Å². The number of benzene rings is 2. The van der Waals surface area contributed by atoms with Crippen molar-refractivity contribution in [3.05, 3.63) is 71.0 Å². The van der Waals surface area contributed by atoms with Crippen molar-refractivity contribution in [2.24, 2.45) is 5.73 Å². The van der Waals surface area contributed by atoms with Gasteiger partial charge in [-0.25, -0.2) is 4.68 Å². The molecule has 3 N–H and O–H groups in total. The van der Waals surface area contributed by atoms with E-state index in [1.807, 2.05) is 24.3 Å². The van der Waals surface area contributed by atoms with Crippen LogP contribution >= 0.6 is 0 Å². The number of aromatic nitrogens is 2. The van der Waals surface area contributed by atoms with Gasteiger partial charge in [-0.15, -0.1) is 0 Å². The first-order valence-corrected chi connectivity index (χ1v) is 12.0. The van der Waals surface area contributed by atoms with E-state index in [0.29, 0.717) is 35.7 Å². The van der Waals surface area contributed by atoms with Crippen LogP contribution in [0.4, 0.5) is 5.69 Å². The maximum atomic E-state index is 13.7. The second kappa shape index (κ2) is 9.47. The number of nitrogens with two attached hydrogens (primary N) is 1. The third-order valence-electron chi connectivity index (χ3n) is 7.16. The summed E-state index contributed by atoms with van der Waals surface area (Å²) in [6, 6.07) is 17.6. The van der Waals surface area contributed by atoms with E-state index in [4.69, 9.17) is 10.5 Å². The molecule has 9 nitrogen and oxygen atoms in total. The molecule has 5 rings (SSSR count). The normalized spacial score (nSPS) is 15.8. The molecule has 1 aliphatic carbocycles. The van der Waals surface area contributed by atoms with Crippen LogP contribution < -0.4 is 20.7 Å². The number of hydrogen-bond acceptors (Lipinski definition) is 6. The first-order chi connectivity index (χ1) is 17.5. The molecule has 9 heteroatoms. The number of carbonyl (C=O) groups is 2. The molecule has 0 bridgehead atoms. The lowest BCUT2D eigenvalue weighted by Gasteiger charge is -2.28. The number of nitrogens with one attached hydrogen (secondary N) is 1. The summed E-state index contributed by atoms with van der Waals surface area (Å²) in [4.78, 5) is 26.4. The van der Waals surface area contributed by atoms with Crippen LogP contribution in [-0.4, -0.2) is 48.3 Å². The summed E-state index contributed by atoms with van der Waals surface area (Å²) in [5.41, 5.74) is 9.47. The molecular formula is C27H28N6O3. The molecule has 2 heterocycles. The van der Waals surface area contributed by atoms with Crippen LogP contribution in [0.5, 0.6) is 5.75 Å². The van der Waals surface area contributed by atoms with E-state index in [1.165, 1.54) is 5.56 Å². The molecule has 0 spiro atoms. The van der Waals surface area contributed by atoms with Crippen LogP contribution in [0.15, 0.2) is 48.5 Å². The number of nitrogens with zero attached hydrogens (tertiary/aromatic N) is 4.